The summed E-state index contributed by atoms with van der Waals surface area (Å²) in [4.78, 5) is 10.7. The van der Waals surface area contributed by atoms with Gasteiger partial charge in [-0.15, -0.1) is 0 Å². The molecular weight excluding hydrogens is 209 g/mol. The molecule has 0 amide bonds. The van der Waals surface area contributed by atoms with Crippen LogP contribution in [-0.2, 0) is 6.18 Å². The van der Waals surface area contributed by atoms with Crippen LogP contribution in [0.2, 0.25) is 0 Å². The highest BCUT2D eigenvalue weighted by molar-refractivity contribution is 5.74. The third-order valence-corrected chi connectivity index (χ3v) is 1.75. The molecule has 2 aromatic rings. The van der Waals surface area contributed by atoms with Gasteiger partial charge in [0.1, 0.15) is 11.2 Å². The van der Waals surface area contributed by atoms with Crippen LogP contribution in [0.5, 0.6) is 0 Å². The summed E-state index contributed by atoms with van der Waals surface area (Å²) in [6.07, 6.45) is -3.30. The quantitative estimate of drug-likeness (QED) is 0.723. The number of hydrogen-bond donors (Lipinski definition) is 1. The molecule has 2 N–H and O–H groups in total. The van der Waals surface area contributed by atoms with Crippen LogP contribution in [0.25, 0.3) is 11.0 Å². The van der Waals surface area contributed by atoms with E-state index < -0.39 is 11.9 Å². The molecule has 0 aliphatic carbocycles. The molecule has 2 heterocycles. The molecule has 0 radical (unpaired) electrons. The molecule has 0 saturated heterocycles. The number of halogens is 3. The number of pyridine rings is 1. The zero-order valence-electron chi connectivity index (χ0n) is 7.28. The number of fused-ring (bicyclic) bond motifs is 1. The molecule has 2 aromatic heterocycles. The van der Waals surface area contributed by atoms with Crippen LogP contribution in [0.1, 0.15) is 5.69 Å². The van der Waals surface area contributed by atoms with E-state index in [2.05, 4.69) is 15.0 Å². The molecule has 0 aromatic carbocycles. The number of anilines is 1. The van der Waals surface area contributed by atoms with E-state index in [1.165, 1.54) is 6.07 Å². The summed E-state index contributed by atoms with van der Waals surface area (Å²) in [5.74, 6) is 0.00376. The van der Waals surface area contributed by atoms with Crippen molar-refractivity contribution >= 4 is 17.0 Å². The van der Waals surface area contributed by atoms with Crippen molar-refractivity contribution in [2.75, 3.05) is 5.73 Å². The Morgan fingerprint density at radius 1 is 1.07 bits per heavy atom. The van der Waals surface area contributed by atoms with Gasteiger partial charge in [-0.2, -0.15) is 13.2 Å². The first-order valence-corrected chi connectivity index (χ1v) is 3.93. The molecule has 0 bridgehead atoms. The fourth-order valence-corrected chi connectivity index (χ4v) is 1.09. The van der Waals surface area contributed by atoms with Gasteiger partial charge in [-0.05, 0) is 12.1 Å². The number of nitrogens with zero attached hydrogens (tertiary/aromatic N) is 3. The number of rotatable bonds is 0. The van der Waals surface area contributed by atoms with Crippen LogP contribution in [0.15, 0.2) is 18.3 Å². The van der Waals surface area contributed by atoms with Crippen LogP contribution >= 0.6 is 0 Å². The Morgan fingerprint density at radius 2 is 1.80 bits per heavy atom. The first-order chi connectivity index (χ1) is 6.97. The molecule has 0 aliphatic heterocycles. The highest BCUT2D eigenvalue weighted by Crippen LogP contribution is 2.28. The van der Waals surface area contributed by atoms with Gasteiger partial charge in [0, 0.05) is 0 Å². The van der Waals surface area contributed by atoms with Gasteiger partial charge < -0.3 is 5.73 Å². The Kier molecular flexibility index (Phi) is 1.95. The average molecular weight is 214 g/mol. The normalized spacial score (nSPS) is 11.9. The highest BCUT2D eigenvalue weighted by Gasteiger charge is 2.32. The predicted octanol–water partition coefficient (Wildman–Crippen LogP) is 1.63. The van der Waals surface area contributed by atoms with E-state index in [9.17, 15) is 13.2 Å². The van der Waals surface area contributed by atoms with Gasteiger partial charge in [0.05, 0.1) is 11.7 Å². The maximum Gasteiger partial charge on any atom is 0.433 e. The largest absolute Gasteiger partial charge is 0.433 e. The molecule has 7 heteroatoms. The van der Waals surface area contributed by atoms with Crippen molar-refractivity contribution in [3.8, 4) is 0 Å². The molecule has 2 rings (SSSR count). The number of nitrogens with two attached hydrogens (primary N) is 1. The molecule has 0 fully saturated rings. The van der Waals surface area contributed by atoms with Crippen molar-refractivity contribution in [2.24, 2.45) is 0 Å². The number of alkyl halides is 3. The molecule has 15 heavy (non-hydrogen) atoms. The Labute approximate surface area is 82.0 Å². The van der Waals surface area contributed by atoms with E-state index in [0.29, 0.717) is 0 Å². The molecule has 0 aliphatic rings. The SMILES string of the molecule is Nc1ncc2nc(C(F)(F)F)ccc2n1. The van der Waals surface area contributed by atoms with E-state index >= 15 is 0 Å². The summed E-state index contributed by atoms with van der Waals surface area (Å²) in [7, 11) is 0. The van der Waals surface area contributed by atoms with Crippen LogP contribution in [0, 0.1) is 0 Å². The van der Waals surface area contributed by atoms with Crippen LogP contribution in [-0.4, -0.2) is 15.0 Å². The minimum Gasteiger partial charge on any atom is -0.368 e. The predicted molar refractivity (Wildman–Crippen MR) is 46.7 cm³/mol. The molecule has 0 atom stereocenters. The molecule has 0 unspecified atom stereocenters. The summed E-state index contributed by atoms with van der Waals surface area (Å²) in [6.45, 7) is 0. The van der Waals surface area contributed by atoms with Crippen LogP contribution < -0.4 is 5.73 Å². The van der Waals surface area contributed by atoms with Crippen LogP contribution in [0.4, 0.5) is 19.1 Å². The van der Waals surface area contributed by atoms with E-state index in [-0.39, 0.29) is 17.0 Å². The molecule has 0 spiro atoms. The Balaban J connectivity index is 2.62. The smallest absolute Gasteiger partial charge is 0.368 e. The lowest BCUT2D eigenvalue weighted by Crippen LogP contribution is -2.08. The van der Waals surface area contributed by atoms with Gasteiger partial charge >= 0.3 is 6.18 Å². The third-order valence-electron chi connectivity index (χ3n) is 1.75. The molecule has 0 saturated carbocycles. The number of aromatic nitrogens is 3. The maximum absolute atomic E-state index is 12.3. The second-order valence-corrected chi connectivity index (χ2v) is 2.83. The average Bonchev–Trinajstić information content (AvgIpc) is 2.15. The Bertz CT molecular complexity index is 509. The minimum atomic E-state index is -4.46. The van der Waals surface area contributed by atoms with E-state index in [0.717, 1.165) is 12.3 Å². The number of nitrogen functional groups attached to an aromatic ring is 1. The lowest BCUT2D eigenvalue weighted by Gasteiger charge is -2.05. The van der Waals surface area contributed by atoms with Gasteiger partial charge in [0.2, 0.25) is 5.95 Å². The van der Waals surface area contributed by atoms with Crippen molar-refractivity contribution < 1.29 is 13.2 Å². The molecular formula is C8H5F3N4. The Morgan fingerprint density at radius 3 is 2.47 bits per heavy atom. The van der Waals surface area contributed by atoms with Gasteiger partial charge in [0.25, 0.3) is 0 Å². The first-order valence-electron chi connectivity index (χ1n) is 3.93. The zero-order chi connectivity index (χ0) is 11.1. The van der Waals surface area contributed by atoms with Crippen molar-refractivity contribution in [1.29, 1.82) is 0 Å². The van der Waals surface area contributed by atoms with Gasteiger partial charge in [0.15, 0.2) is 0 Å². The maximum atomic E-state index is 12.3. The van der Waals surface area contributed by atoms with Crippen molar-refractivity contribution in [3.63, 3.8) is 0 Å². The Hall–Kier alpha value is -1.92. The van der Waals surface area contributed by atoms with E-state index in [1.807, 2.05) is 0 Å². The molecule has 78 valence electrons. The minimum absolute atomic E-state index is 0.00376. The summed E-state index contributed by atoms with van der Waals surface area (Å²) in [5.41, 5.74) is 4.66. The number of hydrogen-bond acceptors (Lipinski definition) is 4. The zero-order valence-corrected chi connectivity index (χ0v) is 7.28. The topological polar surface area (TPSA) is 64.7 Å². The molecule has 4 nitrogen and oxygen atoms in total. The van der Waals surface area contributed by atoms with Crippen molar-refractivity contribution in [2.45, 2.75) is 6.18 Å². The summed E-state index contributed by atoms with van der Waals surface area (Å²) in [6, 6.07) is 2.07. The monoisotopic (exact) mass is 214 g/mol. The fourth-order valence-electron chi connectivity index (χ4n) is 1.09. The highest BCUT2D eigenvalue weighted by atomic mass is 19.4. The van der Waals surface area contributed by atoms with E-state index in [1.54, 1.807) is 0 Å². The summed E-state index contributed by atoms with van der Waals surface area (Å²) >= 11 is 0. The van der Waals surface area contributed by atoms with E-state index in [4.69, 9.17) is 5.73 Å². The lowest BCUT2D eigenvalue weighted by atomic mass is 10.3. The third kappa shape index (κ3) is 1.80. The van der Waals surface area contributed by atoms with Crippen molar-refractivity contribution in [3.05, 3.63) is 24.0 Å². The standard InChI is InChI=1S/C8H5F3N4/c9-8(10,11)6-2-1-4-5(14-6)3-13-7(12)15-4/h1-3H,(H2,12,13,15). The van der Waals surface area contributed by atoms with Gasteiger partial charge in [-0.25, -0.2) is 15.0 Å². The summed E-state index contributed by atoms with van der Waals surface area (Å²) < 4.78 is 36.8. The second kappa shape index (κ2) is 3.04. The second-order valence-electron chi connectivity index (χ2n) is 2.83. The van der Waals surface area contributed by atoms with Gasteiger partial charge in [-0.1, -0.05) is 0 Å². The van der Waals surface area contributed by atoms with Gasteiger partial charge in [-0.3, -0.25) is 0 Å². The van der Waals surface area contributed by atoms with Crippen molar-refractivity contribution in [1.82, 2.24) is 15.0 Å². The summed E-state index contributed by atoms with van der Waals surface area (Å²) in [5, 5.41) is 0. The first kappa shape index (κ1) is 9.63. The van der Waals surface area contributed by atoms with Crippen LogP contribution in [0.3, 0.4) is 0 Å². The fraction of sp³-hybridized carbons (Fsp3) is 0.125. The lowest BCUT2D eigenvalue weighted by molar-refractivity contribution is -0.140.